The maximum absolute atomic E-state index is 12.0. The number of ether oxygens (including phenoxy) is 1. The molecule has 0 spiro atoms. The second-order valence-electron chi connectivity index (χ2n) is 4.74. The van der Waals surface area contributed by atoms with Crippen molar-refractivity contribution in [3.8, 4) is 0 Å². The van der Waals surface area contributed by atoms with Gasteiger partial charge < -0.3 is 14.7 Å². The number of aliphatic hydroxyl groups is 1. The van der Waals surface area contributed by atoms with Crippen LogP contribution in [0, 0.1) is 0 Å². The molecule has 1 N–H and O–H groups in total. The molecule has 1 rings (SSSR count). The normalized spacial score (nSPS) is 20.5. The van der Waals surface area contributed by atoms with Crippen molar-refractivity contribution >= 4 is 5.91 Å². The van der Waals surface area contributed by atoms with Crippen molar-refractivity contribution < 1.29 is 14.6 Å². The van der Waals surface area contributed by atoms with Crippen LogP contribution in [-0.2, 0) is 9.53 Å². The van der Waals surface area contributed by atoms with Gasteiger partial charge in [0.05, 0.1) is 12.7 Å². The predicted molar refractivity (Wildman–Crippen MR) is 70.3 cm³/mol. The lowest BCUT2D eigenvalue weighted by Crippen LogP contribution is -2.52. The molecule has 0 radical (unpaired) electrons. The number of carbonyl (C=O) groups is 1. The van der Waals surface area contributed by atoms with Crippen LogP contribution in [0.3, 0.4) is 0 Å². The summed E-state index contributed by atoms with van der Waals surface area (Å²) in [5, 5.41) is 9.31. The van der Waals surface area contributed by atoms with Gasteiger partial charge in [0.25, 0.3) is 5.91 Å². The number of piperazine rings is 1. The Morgan fingerprint density at radius 1 is 1.39 bits per heavy atom. The van der Waals surface area contributed by atoms with Gasteiger partial charge >= 0.3 is 0 Å². The summed E-state index contributed by atoms with van der Waals surface area (Å²) in [7, 11) is 0. The third-order valence-corrected chi connectivity index (χ3v) is 3.02. The number of carbonyl (C=O) groups excluding carboxylic acids is 1. The topological polar surface area (TPSA) is 53.0 Å². The average molecular weight is 256 g/mol. The van der Waals surface area contributed by atoms with Crippen LogP contribution >= 0.6 is 0 Å². The summed E-state index contributed by atoms with van der Waals surface area (Å²) in [6.45, 7) is 11.2. The van der Waals surface area contributed by atoms with Crippen LogP contribution in [0.4, 0.5) is 0 Å². The Kier molecular flexibility index (Phi) is 6.32. The van der Waals surface area contributed by atoms with E-state index < -0.39 is 6.10 Å². The SMILES string of the molecule is C=CCO[C@H](C)C(=O)N1CCN(C[C@H](C)O)CC1. The summed E-state index contributed by atoms with van der Waals surface area (Å²) in [5.74, 6) is 0.0357. The van der Waals surface area contributed by atoms with Gasteiger partial charge in [-0.3, -0.25) is 9.69 Å². The molecule has 1 saturated heterocycles. The van der Waals surface area contributed by atoms with Crippen LogP contribution < -0.4 is 0 Å². The predicted octanol–water partition coefficient (Wildman–Crippen LogP) is 0.103. The van der Waals surface area contributed by atoms with Gasteiger partial charge in [0.15, 0.2) is 0 Å². The highest BCUT2D eigenvalue weighted by Gasteiger charge is 2.25. The molecule has 104 valence electrons. The number of rotatable bonds is 6. The molecule has 2 atom stereocenters. The Morgan fingerprint density at radius 2 is 2.00 bits per heavy atom. The summed E-state index contributed by atoms with van der Waals surface area (Å²) in [6, 6.07) is 0. The van der Waals surface area contributed by atoms with Crippen LogP contribution in [0.2, 0.25) is 0 Å². The fourth-order valence-corrected chi connectivity index (χ4v) is 2.07. The molecule has 0 bridgehead atoms. The lowest BCUT2D eigenvalue weighted by atomic mass is 10.2. The lowest BCUT2D eigenvalue weighted by molar-refractivity contribution is -0.143. The first-order valence-electron chi connectivity index (χ1n) is 6.46. The number of β-amino-alcohol motifs (C(OH)–C–C–N with tert-alkyl or cyclic N) is 1. The molecule has 0 aromatic heterocycles. The van der Waals surface area contributed by atoms with Crippen LogP contribution in [0.1, 0.15) is 13.8 Å². The van der Waals surface area contributed by atoms with Crippen molar-refractivity contribution in [1.82, 2.24) is 9.80 Å². The Morgan fingerprint density at radius 3 is 2.50 bits per heavy atom. The van der Waals surface area contributed by atoms with Gasteiger partial charge in [-0.15, -0.1) is 6.58 Å². The molecule has 0 unspecified atom stereocenters. The first-order chi connectivity index (χ1) is 8.54. The number of nitrogens with zero attached hydrogens (tertiary/aromatic N) is 2. The van der Waals surface area contributed by atoms with E-state index in [0.29, 0.717) is 26.2 Å². The number of hydrogen-bond acceptors (Lipinski definition) is 4. The summed E-state index contributed by atoms with van der Waals surface area (Å²) < 4.78 is 5.33. The van der Waals surface area contributed by atoms with Gasteiger partial charge in [-0.05, 0) is 13.8 Å². The van der Waals surface area contributed by atoms with Crippen LogP contribution in [0.15, 0.2) is 12.7 Å². The third kappa shape index (κ3) is 4.76. The summed E-state index contributed by atoms with van der Waals surface area (Å²) in [5.41, 5.74) is 0. The van der Waals surface area contributed by atoms with E-state index in [1.807, 2.05) is 4.90 Å². The standard InChI is InChI=1S/C13H24N2O3/c1-4-9-18-12(3)13(17)15-7-5-14(6-8-15)10-11(2)16/h4,11-12,16H,1,5-10H2,2-3H3/t11-,12+/m0/s1. The Labute approximate surface area is 109 Å². The molecule has 0 saturated carbocycles. The number of aliphatic hydroxyl groups excluding tert-OH is 1. The van der Waals surface area contributed by atoms with E-state index in [1.54, 1.807) is 19.9 Å². The Balaban J connectivity index is 2.33. The van der Waals surface area contributed by atoms with Crippen LogP contribution in [0.5, 0.6) is 0 Å². The highest BCUT2D eigenvalue weighted by molar-refractivity contribution is 5.80. The quantitative estimate of drug-likeness (QED) is 0.685. The average Bonchev–Trinajstić information content (AvgIpc) is 2.35. The van der Waals surface area contributed by atoms with Crippen molar-refractivity contribution in [2.75, 3.05) is 39.3 Å². The van der Waals surface area contributed by atoms with E-state index in [4.69, 9.17) is 4.74 Å². The molecular weight excluding hydrogens is 232 g/mol. The monoisotopic (exact) mass is 256 g/mol. The molecule has 1 aliphatic heterocycles. The molecule has 1 heterocycles. The van der Waals surface area contributed by atoms with Gasteiger partial charge in [0, 0.05) is 32.7 Å². The van der Waals surface area contributed by atoms with Crippen LogP contribution in [0.25, 0.3) is 0 Å². The molecule has 1 aliphatic rings. The number of hydrogen-bond donors (Lipinski definition) is 1. The molecule has 0 aromatic carbocycles. The van der Waals surface area contributed by atoms with E-state index in [9.17, 15) is 9.90 Å². The lowest BCUT2D eigenvalue weighted by Gasteiger charge is -2.36. The zero-order valence-corrected chi connectivity index (χ0v) is 11.3. The number of amides is 1. The molecular formula is C13H24N2O3. The molecule has 5 heteroatoms. The van der Waals surface area contributed by atoms with E-state index >= 15 is 0 Å². The van der Waals surface area contributed by atoms with Crippen molar-refractivity contribution in [3.05, 3.63) is 12.7 Å². The minimum atomic E-state index is -0.411. The van der Waals surface area contributed by atoms with E-state index in [1.165, 1.54) is 0 Å². The highest BCUT2D eigenvalue weighted by Crippen LogP contribution is 2.06. The molecule has 1 fully saturated rings. The molecule has 5 nitrogen and oxygen atoms in total. The van der Waals surface area contributed by atoms with E-state index in [2.05, 4.69) is 11.5 Å². The fraction of sp³-hybridized carbons (Fsp3) is 0.769. The minimum Gasteiger partial charge on any atom is -0.392 e. The first-order valence-corrected chi connectivity index (χ1v) is 6.46. The second-order valence-corrected chi connectivity index (χ2v) is 4.74. The van der Waals surface area contributed by atoms with Gasteiger partial charge in [-0.2, -0.15) is 0 Å². The zero-order valence-electron chi connectivity index (χ0n) is 11.3. The molecule has 0 aliphatic carbocycles. The first kappa shape index (κ1) is 15.1. The summed E-state index contributed by atoms with van der Waals surface area (Å²) >= 11 is 0. The maximum Gasteiger partial charge on any atom is 0.251 e. The summed E-state index contributed by atoms with van der Waals surface area (Å²) in [6.07, 6.45) is 0.915. The smallest absolute Gasteiger partial charge is 0.251 e. The molecule has 1 amide bonds. The minimum absolute atomic E-state index is 0.0357. The van der Waals surface area contributed by atoms with E-state index in [-0.39, 0.29) is 12.0 Å². The summed E-state index contributed by atoms with van der Waals surface area (Å²) in [4.78, 5) is 16.0. The van der Waals surface area contributed by atoms with Gasteiger partial charge in [0.2, 0.25) is 0 Å². The van der Waals surface area contributed by atoms with Crippen molar-refractivity contribution in [1.29, 1.82) is 0 Å². The Bertz CT molecular complexity index is 273. The maximum atomic E-state index is 12.0. The fourth-order valence-electron chi connectivity index (χ4n) is 2.07. The third-order valence-electron chi connectivity index (χ3n) is 3.02. The highest BCUT2D eigenvalue weighted by atomic mass is 16.5. The van der Waals surface area contributed by atoms with Crippen molar-refractivity contribution in [2.45, 2.75) is 26.1 Å². The largest absolute Gasteiger partial charge is 0.392 e. The van der Waals surface area contributed by atoms with Gasteiger partial charge in [-0.1, -0.05) is 6.08 Å². The van der Waals surface area contributed by atoms with Crippen molar-refractivity contribution in [3.63, 3.8) is 0 Å². The van der Waals surface area contributed by atoms with Gasteiger partial charge in [0.1, 0.15) is 6.10 Å². The molecule has 18 heavy (non-hydrogen) atoms. The second kappa shape index (κ2) is 7.51. The van der Waals surface area contributed by atoms with Crippen LogP contribution in [-0.4, -0.2) is 72.4 Å². The molecule has 0 aromatic rings. The van der Waals surface area contributed by atoms with E-state index in [0.717, 1.165) is 13.1 Å². The Hall–Kier alpha value is -0.910. The van der Waals surface area contributed by atoms with Gasteiger partial charge in [-0.25, -0.2) is 0 Å². The zero-order chi connectivity index (χ0) is 13.5. The van der Waals surface area contributed by atoms with Crippen molar-refractivity contribution in [2.24, 2.45) is 0 Å².